The molecule has 13 aromatic rings. The number of fused-ring (bicyclic) bond motifs is 10. The average molecular weight is 1000 g/mol. The molecule has 2 aromatic heterocycles. The minimum Gasteiger partial charge on any atom is -0.509 e. The van der Waals surface area contributed by atoms with E-state index < -0.39 is 29.5 Å². The van der Waals surface area contributed by atoms with Crippen LogP contribution in [0.25, 0.3) is 114 Å². The highest BCUT2D eigenvalue weighted by atomic mass is 32.1. The monoisotopic (exact) mass is 1000 g/mol. The number of aliphatic hydroxyl groups is 5. The number of benzene rings is 11. The lowest BCUT2D eigenvalue weighted by atomic mass is 9.91. The average Bonchev–Trinajstić information content (AvgIpc) is 4.07. The molecule has 2 atom stereocenters. The fourth-order valence-corrected chi connectivity index (χ4v) is 12.5. The Labute approximate surface area is 440 Å². The minimum absolute atomic E-state index is 0.158. The van der Waals surface area contributed by atoms with Crippen LogP contribution >= 0.6 is 11.3 Å². The third kappa shape index (κ3) is 7.41. The molecule has 2 heterocycles. The summed E-state index contributed by atoms with van der Waals surface area (Å²) in [6.45, 7) is 0. The van der Waals surface area contributed by atoms with Gasteiger partial charge in [-0.3, -0.25) is 0 Å². The van der Waals surface area contributed by atoms with Gasteiger partial charge in [0.25, 0.3) is 0 Å². The van der Waals surface area contributed by atoms with Crippen LogP contribution in [0.3, 0.4) is 0 Å². The first-order chi connectivity index (χ1) is 37.2. The number of hydrogen-bond donors (Lipinski definition) is 5. The molecule has 1 aliphatic rings. The quantitative estimate of drug-likeness (QED) is 0.103. The molecule has 2 unspecified atom stereocenters. The molecule has 364 valence electrons. The molecular formula is C68H45NO6S. The fourth-order valence-electron chi connectivity index (χ4n) is 11.2. The van der Waals surface area contributed by atoms with Crippen molar-refractivity contribution in [2.24, 2.45) is 0 Å². The van der Waals surface area contributed by atoms with Crippen molar-refractivity contribution >= 4 is 97.6 Å². The van der Waals surface area contributed by atoms with Gasteiger partial charge in [0.1, 0.15) is 29.1 Å². The Bertz CT molecular complexity index is 4530. The highest BCUT2D eigenvalue weighted by molar-refractivity contribution is 7.27. The maximum atomic E-state index is 10.9. The van der Waals surface area contributed by atoms with Crippen molar-refractivity contribution in [2.45, 2.75) is 12.2 Å². The number of allylic oxidation sites excluding steroid dienone is 1. The van der Waals surface area contributed by atoms with Crippen LogP contribution in [-0.4, -0.2) is 37.7 Å². The number of para-hydroxylation sites is 1. The van der Waals surface area contributed by atoms with Gasteiger partial charge >= 0.3 is 0 Å². The zero-order chi connectivity index (χ0) is 51.2. The number of aliphatic hydroxyl groups excluding tert-OH is 5. The van der Waals surface area contributed by atoms with Gasteiger partial charge in [-0.25, -0.2) is 0 Å². The lowest BCUT2D eigenvalue weighted by Crippen LogP contribution is -2.34. The molecule has 76 heavy (non-hydrogen) atoms. The molecule has 0 spiro atoms. The third-order valence-electron chi connectivity index (χ3n) is 15.0. The Kier molecular flexibility index (Phi) is 10.6. The van der Waals surface area contributed by atoms with Gasteiger partial charge in [-0.1, -0.05) is 158 Å². The number of furan rings is 1. The van der Waals surface area contributed by atoms with Gasteiger partial charge in [0.05, 0.1) is 5.57 Å². The summed E-state index contributed by atoms with van der Waals surface area (Å²) in [5, 5.41) is 62.5. The predicted octanol–water partition coefficient (Wildman–Crippen LogP) is 17.7. The Morgan fingerprint density at radius 3 is 1.51 bits per heavy atom. The van der Waals surface area contributed by atoms with Crippen LogP contribution in [0.1, 0.15) is 5.56 Å². The Hall–Kier alpha value is -9.44. The number of hydrogen-bond acceptors (Lipinski definition) is 8. The van der Waals surface area contributed by atoms with E-state index in [1.54, 1.807) is 12.1 Å². The van der Waals surface area contributed by atoms with Crippen molar-refractivity contribution < 1.29 is 29.9 Å². The largest absolute Gasteiger partial charge is 0.509 e. The Balaban J connectivity index is 0.824. The maximum absolute atomic E-state index is 10.9. The lowest BCUT2D eigenvalue weighted by Gasteiger charge is -2.27. The molecule has 0 radical (unpaired) electrons. The Morgan fingerprint density at radius 2 is 0.829 bits per heavy atom. The van der Waals surface area contributed by atoms with E-state index in [2.05, 4.69) is 187 Å². The first kappa shape index (κ1) is 45.2. The highest BCUT2D eigenvalue weighted by Gasteiger charge is 2.36. The van der Waals surface area contributed by atoms with Crippen molar-refractivity contribution in [2.75, 3.05) is 4.90 Å². The summed E-state index contributed by atoms with van der Waals surface area (Å²) >= 11 is 1.88. The van der Waals surface area contributed by atoms with E-state index in [-0.39, 0.29) is 5.57 Å². The fraction of sp³-hybridized carbons (Fsp3) is 0.0294. The molecule has 0 bridgehead atoms. The highest BCUT2D eigenvalue weighted by Crippen LogP contribution is 2.46. The molecule has 7 nitrogen and oxygen atoms in total. The van der Waals surface area contributed by atoms with E-state index in [4.69, 9.17) is 4.42 Å². The lowest BCUT2D eigenvalue weighted by molar-refractivity contribution is 0.00946. The van der Waals surface area contributed by atoms with Gasteiger partial charge in [0, 0.05) is 53.4 Å². The number of thiophene rings is 1. The van der Waals surface area contributed by atoms with Gasteiger partial charge in [-0.2, -0.15) is 0 Å². The molecule has 1 aliphatic carbocycles. The van der Waals surface area contributed by atoms with Crippen molar-refractivity contribution in [3.8, 4) is 44.5 Å². The molecule has 0 amide bonds. The van der Waals surface area contributed by atoms with Crippen LogP contribution in [0.5, 0.6) is 0 Å². The second kappa shape index (κ2) is 17.9. The molecule has 0 aliphatic heterocycles. The third-order valence-corrected chi connectivity index (χ3v) is 16.3. The van der Waals surface area contributed by atoms with E-state index in [0.717, 1.165) is 77.9 Å². The first-order valence-electron chi connectivity index (χ1n) is 25.2. The van der Waals surface area contributed by atoms with Crippen LogP contribution < -0.4 is 4.90 Å². The van der Waals surface area contributed by atoms with Gasteiger partial charge < -0.3 is 34.8 Å². The summed E-state index contributed by atoms with van der Waals surface area (Å²) in [6.07, 6.45) is -3.65. The Morgan fingerprint density at radius 1 is 0.342 bits per heavy atom. The van der Waals surface area contributed by atoms with Crippen LogP contribution in [0, 0.1) is 0 Å². The smallest absolute Gasteiger partial charge is 0.167 e. The topological polar surface area (TPSA) is 118 Å². The standard InChI is InChI=1S/C68H45NO6S/c70-62-61(63(71)65(73)66(74)64(62)72)42-23-31-50(32-24-42)69(48-27-19-39(20-28-48)43-10-7-12-45(35-43)46-26-34-60-57(37-46)53-16-5-6-18-59(53)75-60)49-29-21-40(22-30-49)44-11-8-13-47(36-44)56-38-58-55-33-25-41-9-1-2-14-51(41)67(55)76-68(58)54-17-4-3-15-52(54)56/h1-38,64,66,70-74H. The van der Waals surface area contributed by atoms with Crippen LogP contribution in [0.4, 0.5) is 17.1 Å². The van der Waals surface area contributed by atoms with Crippen LogP contribution in [0.15, 0.2) is 252 Å². The van der Waals surface area contributed by atoms with Gasteiger partial charge in [-0.05, 0) is 139 Å². The molecule has 0 saturated heterocycles. The summed E-state index contributed by atoms with van der Waals surface area (Å²) in [5.74, 6) is -2.14. The molecular weight excluding hydrogens is 959 g/mol. The summed E-state index contributed by atoms with van der Waals surface area (Å²) in [5.41, 5.74) is 13.2. The van der Waals surface area contributed by atoms with Gasteiger partial charge in [-0.15, -0.1) is 11.3 Å². The maximum Gasteiger partial charge on any atom is 0.167 e. The van der Waals surface area contributed by atoms with E-state index in [9.17, 15) is 25.5 Å². The van der Waals surface area contributed by atoms with Crippen molar-refractivity contribution in [3.63, 3.8) is 0 Å². The zero-order valence-corrected chi connectivity index (χ0v) is 41.4. The van der Waals surface area contributed by atoms with Gasteiger partial charge in [0.2, 0.25) is 0 Å². The summed E-state index contributed by atoms with van der Waals surface area (Å²) in [4.78, 5) is 2.13. The second-order valence-electron chi connectivity index (χ2n) is 19.4. The van der Waals surface area contributed by atoms with E-state index in [0.29, 0.717) is 5.56 Å². The minimum atomic E-state index is -1.85. The first-order valence-corrected chi connectivity index (χ1v) is 26.0. The summed E-state index contributed by atoms with van der Waals surface area (Å²) in [6, 6.07) is 80.0. The summed E-state index contributed by atoms with van der Waals surface area (Å²) < 4.78 is 8.72. The second-order valence-corrected chi connectivity index (χ2v) is 20.5. The molecule has 5 N–H and O–H groups in total. The van der Waals surface area contributed by atoms with E-state index in [1.165, 1.54) is 47.3 Å². The van der Waals surface area contributed by atoms with Crippen molar-refractivity contribution in [1.82, 2.24) is 0 Å². The van der Waals surface area contributed by atoms with Crippen LogP contribution in [0.2, 0.25) is 0 Å². The van der Waals surface area contributed by atoms with E-state index in [1.807, 2.05) is 47.7 Å². The van der Waals surface area contributed by atoms with Crippen LogP contribution in [-0.2, 0) is 0 Å². The predicted molar refractivity (Wildman–Crippen MR) is 312 cm³/mol. The zero-order valence-electron chi connectivity index (χ0n) is 40.6. The van der Waals surface area contributed by atoms with Crippen molar-refractivity contribution in [3.05, 3.63) is 253 Å². The molecule has 14 rings (SSSR count). The SMILES string of the molecule is OC1=C(O)C(O)C(O)C(O)=C1c1ccc(N(c2ccc(-c3cccc(-c4ccc5oc6ccccc6c5c4)c3)cc2)c2ccc(-c3cccc(-c4cc5c6ccc7ccccc7c6sc5c5ccccc45)c3)cc2)cc1. The van der Waals surface area contributed by atoms with E-state index >= 15 is 0 Å². The van der Waals surface area contributed by atoms with Gasteiger partial charge in [0.15, 0.2) is 11.5 Å². The molecule has 0 fully saturated rings. The number of rotatable bonds is 8. The van der Waals surface area contributed by atoms with Crippen molar-refractivity contribution in [1.29, 1.82) is 0 Å². The number of nitrogens with zero attached hydrogens (tertiary/aromatic N) is 1. The normalized spacial score (nSPS) is 15.0. The molecule has 8 heteroatoms. The number of anilines is 3. The summed E-state index contributed by atoms with van der Waals surface area (Å²) in [7, 11) is 0. The molecule has 11 aromatic carbocycles. The molecule has 0 saturated carbocycles.